The van der Waals surface area contributed by atoms with Crippen molar-refractivity contribution in [2.45, 2.75) is 25.0 Å². The van der Waals surface area contributed by atoms with Crippen LogP contribution in [-0.2, 0) is 15.1 Å². The van der Waals surface area contributed by atoms with Gasteiger partial charge >= 0.3 is 5.97 Å². The number of ether oxygens (including phenoxy) is 4. The van der Waals surface area contributed by atoms with E-state index < -0.39 is 17.7 Å². The maximum absolute atomic E-state index is 12.6. The Morgan fingerprint density at radius 3 is 1.70 bits per heavy atom. The molecule has 0 spiro atoms. The average Bonchev–Trinajstić information content (AvgIpc) is 3.09. The van der Waals surface area contributed by atoms with E-state index in [1.54, 1.807) is 42.5 Å². The molecular formula is C40H37NO6. The summed E-state index contributed by atoms with van der Waals surface area (Å²) in [6.07, 6.45) is 0.616. The number of esters is 1. The molecule has 0 radical (unpaired) electrons. The van der Waals surface area contributed by atoms with Gasteiger partial charge in [-0.05, 0) is 66.4 Å². The van der Waals surface area contributed by atoms with Crippen molar-refractivity contribution in [1.29, 1.82) is 0 Å². The third kappa shape index (κ3) is 7.05. The molecule has 7 heteroatoms. The molecule has 0 unspecified atom stereocenters. The number of rotatable bonds is 12. The van der Waals surface area contributed by atoms with Crippen LogP contribution in [-0.4, -0.2) is 49.7 Å². The van der Waals surface area contributed by atoms with E-state index in [2.05, 4.69) is 36.4 Å². The number of carbonyl (C=O) groups excluding carboxylic acids is 2. The summed E-state index contributed by atoms with van der Waals surface area (Å²) in [5, 5.41) is 0. The van der Waals surface area contributed by atoms with Crippen molar-refractivity contribution in [3.63, 3.8) is 0 Å². The minimum Gasteiger partial charge on any atom is -0.488 e. The first kappa shape index (κ1) is 31.6. The van der Waals surface area contributed by atoms with Crippen LogP contribution in [0.15, 0.2) is 133 Å². The monoisotopic (exact) mass is 627 g/mol. The number of carbonyl (C=O) groups is 2. The lowest BCUT2D eigenvalue weighted by Gasteiger charge is -2.36. The standard InChI is InChI=1S/C40H37NO6/c1-29(28-45-40(32-13-6-3-7-14-32,33-15-8-4-9-16-33)34-17-10-5-11-18-34)46-36-25-31(39(43)44-2)26-37(27-36)47-35-21-19-30(20-22-35)38(42)41-23-12-24-41/h3-11,13-22,25-27,29H,12,23-24,28H2,1-2H3/t29-/m0/s1. The Labute approximate surface area is 275 Å². The van der Waals surface area contributed by atoms with Gasteiger partial charge in [-0.2, -0.15) is 0 Å². The largest absolute Gasteiger partial charge is 0.488 e. The van der Waals surface area contributed by atoms with Gasteiger partial charge in [0.25, 0.3) is 5.91 Å². The van der Waals surface area contributed by atoms with E-state index in [1.165, 1.54) is 7.11 Å². The molecule has 238 valence electrons. The number of likely N-dealkylation sites (tertiary alicyclic amines) is 1. The summed E-state index contributed by atoms with van der Waals surface area (Å²) >= 11 is 0. The van der Waals surface area contributed by atoms with Gasteiger partial charge in [0.1, 0.15) is 29.0 Å². The normalized spacial score (nSPS) is 13.3. The number of benzene rings is 5. The van der Waals surface area contributed by atoms with Gasteiger partial charge in [-0.3, -0.25) is 4.79 Å². The molecule has 1 fully saturated rings. The first-order chi connectivity index (χ1) is 23.0. The molecule has 0 aromatic heterocycles. The molecule has 0 bridgehead atoms. The Hall–Kier alpha value is -5.40. The SMILES string of the molecule is COC(=O)c1cc(Oc2ccc(C(=O)N3CCC3)cc2)cc(O[C@@H](C)COC(c2ccccc2)(c2ccccc2)c2ccccc2)c1. The van der Waals surface area contributed by atoms with Crippen LogP contribution in [0.3, 0.4) is 0 Å². The molecule has 1 saturated heterocycles. The van der Waals surface area contributed by atoms with E-state index >= 15 is 0 Å². The summed E-state index contributed by atoms with van der Waals surface area (Å²) in [4.78, 5) is 27.0. The van der Waals surface area contributed by atoms with Crippen molar-refractivity contribution < 1.29 is 28.5 Å². The fraction of sp³-hybridized carbons (Fsp3) is 0.200. The molecule has 7 nitrogen and oxygen atoms in total. The molecule has 1 amide bonds. The van der Waals surface area contributed by atoms with Gasteiger partial charge in [0.2, 0.25) is 0 Å². The summed E-state index contributed by atoms with van der Waals surface area (Å²) in [5.41, 5.74) is 2.97. The van der Waals surface area contributed by atoms with Gasteiger partial charge in [-0.25, -0.2) is 4.79 Å². The van der Waals surface area contributed by atoms with Gasteiger partial charge in [0, 0.05) is 24.7 Å². The second-order valence-electron chi connectivity index (χ2n) is 11.5. The Balaban J connectivity index is 1.24. The zero-order valence-corrected chi connectivity index (χ0v) is 26.5. The number of amides is 1. The van der Waals surface area contributed by atoms with Crippen LogP contribution in [0.1, 0.15) is 50.8 Å². The molecule has 5 aromatic rings. The molecule has 5 aromatic carbocycles. The van der Waals surface area contributed by atoms with E-state index in [0.29, 0.717) is 22.8 Å². The second-order valence-corrected chi connectivity index (χ2v) is 11.5. The van der Waals surface area contributed by atoms with Crippen LogP contribution in [0.5, 0.6) is 17.2 Å². The molecule has 0 aliphatic carbocycles. The molecule has 0 N–H and O–H groups in total. The zero-order valence-electron chi connectivity index (χ0n) is 26.5. The second kappa shape index (κ2) is 14.4. The van der Waals surface area contributed by atoms with Gasteiger partial charge in [0.15, 0.2) is 0 Å². The topological polar surface area (TPSA) is 74.3 Å². The molecule has 1 heterocycles. The number of nitrogens with zero attached hydrogens (tertiary/aromatic N) is 1. The highest BCUT2D eigenvalue weighted by Gasteiger charge is 2.38. The maximum Gasteiger partial charge on any atom is 0.338 e. The van der Waals surface area contributed by atoms with Crippen molar-refractivity contribution in [1.82, 2.24) is 4.90 Å². The van der Waals surface area contributed by atoms with Gasteiger partial charge < -0.3 is 23.8 Å². The lowest BCUT2D eigenvalue weighted by Crippen LogP contribution is -2.41. The van der Waals surface area contributed by atoms with Crippen LogP contribution in [0, 0.1) is 0 Å². The lowest BCUT2D eigenvalue weighted by molar-refractivity contribution is -0.0257. The van der Waals surface area contributed by atoms with Gasteiger partial charge in [-0.15, -0.1) is 0 Å². The molecule has 1 aliphatic rings. The summed E-state index contributed by atoms with van der Waals surface area (Å²) < 4.78 is 24.4. The van der Waals surface area contributed by atoms with Gasteiger partial charge in [-0.1, -0.05) is 91.0 Å². The summed E-state index contributed by atoms with van der Waals surface area (Å²) in [6, 6.07) is 42.4. The quantitative estimate of drug-likeness (QED) is 0.103. The van der Waals surface area contributed by atoms with Crippen molar-refractivity contribution in [3.05, 3.63) is 161 Å². The van der Waals surface area contributed by atoms with E-state index in [1.807, 2.05) is 66.4 Å². The summed E-state index contributed by atoms with van der Waals surface area (Å²) in [7, 11) is 1.33. The predicted octanol–water partition coefficient (Wildman–Crippen LogP) is 7.89. The van der Waals surface area contributed by atoms with Crippen molar-refractivity contribution >= 4 is 11.9 Å². The summed E-state index contributed by atoms with van der Waals surface area (Å²) in [6.45, 7) is 3.72. The first-order valence-electron chi connectivity index (χ1n) is 15.7. The lowest BCUT2D eigenvalue weighted by atomic mass is 9.80. The average molecular weight is 628 g/mol. The van der Waals surface area contributed by atoms with Gasteiger partial charge in [0.05, 0.1) is 19.3 Å². The predicted molar refractivity (Wildman–Crippen MR) is 180 cm³/mol. The number of hydrogen-bond donors (Lipinski definition) is 0. The maximum atomic E-state index is 12.6. The Morgan fingerprint density at radius 1 is 0.681 bits per heavy atom. The van der Waals surface area contributed by atoms with Crippen molar-refractivity contribution in [3.8, 4) is 17.2 Å². The zero-order chi connectivity index (χ0) is 32.6. The van der Waals surface area contributed by atoms with Crippen molar-refractivity contribution in [2.24, 2.45) is 0 Å². The minimum atomic E-state index is -0.896. The molecular weight excluding hydrogens is 590 g/mol. The van der Waals surface area contributed by atoms with Crippen molar-refractivity contribution in [2.75, 3.05) is 26.8 Å². The van der Waals surface area contributed by atoms with E-state index in [-0.39, 0.29) is 18.1 Å². The smallest absolute Gasteiger partial charge is 0.338 e. The fourth-order valence-electron chi connectivity index (χ4n) is 5.72. The third-order valence-electron chi connectivity index (χ3n) is 8.19. The molecule has 6 rings (SSSR count). The highest BCUT2D eigenvalue weighted by molar-refractivity contribution is 5.94. The van der Waals surface area contributed by atoms with Crippen LogP contribution in [0.25, 0.3) is 0 Å². The first-order valence-corrected chi connectivity index (χ1v) is 15.7. The van der Waals surface area contributed by atoms with Crippen LogP contribution in [0.4, 0.5) is 0 Å². The number of methoxy groups -OCH3 is 1. The molecule has 0 saturated carbocycles. The Kier molecular flexibility index (Phi) is 9.64. The Bertz CT molecular complexity index is 1690. The van der Waals surface area contributed by atoms with Crippen LogP contribution < -0.4 is 9.47 Å². The Morgan fingerprint density at radius 2 is 1.21 bits per heavy atom. The van der Waals surface area contributed by atoms with E-state index in [9.17, 15) is 9.59 Å². The molecule has 1 aliphatic heterocycles. The molecule has 47 heavy (non-hydrogen) atoms. The highest BCUT2D eigenvalue weighted by Crippen LogP contribution is 2.40. The van der Waals surface area contributed by atoms with Crippen LogP contribution >= 0.6 is 0 Å². The van der Waals surface area contributed by atoms with E-state index in [4.69, 9.17) is 18.9 Å². The molecule has 1 atom stereocenters. The summed E-state index contributed by atoms with van der Waals surface area (Å²) in [5.74, 6) is 0.834. The third-order valence-corrected chi connectivity index (χ3v) is 8.19. The van der Waals surface area contributed by atoms with Crippen LogP contribution in [0.2, 0.25) is 0 Å². The number of hydrogen-bond acceptors (Lipinski definition) is 6. The van der Waals surface area contributed by atoms with E-state index in [0.717, 1.165) is 36.2 Å². The highest BCUT2D eigenvalue weighted by atomic mass is 16.5. The minimum absolute atomic E-state index is 0.0122. The fourth-order valence-corrected chi connectivity index (χ4v) is 5.72.